The van der Waals surface area contributed by atoms with Crippen LogP contribution in [0.15, 0.2) is 12.4 Å². The third-order valence-electron chi connectivity index (χ3n) is 2.88. The standard InChI is InChI=1S/C12H20N4O2/c1-10(9-16-5-7-18-8-6-16)15-11-12(17-2)14-4-3-13-11/h3-4,10H,5-9H2,1-2H3,(H,13,15). The molecule has 0 bridgehead atoms. The normalized spacial score (nSPS) is 18.3. The molecule has 1 N–H and O–H groups in total. The van der Waals surface area contributed by atoms with Gasteiger partial charge in [0, 0.05) is 38.1 Å². The van der Waals surface area contributed by atoms with Gasteiger partial charge in [-0.1, -0.05) is 0 Å². The number of anilines is 1. The molecule has 1 fully saturated rings. The summed E-state index contributed by atoms with van der Waals surface area (Å²) in [5, 5.41) is 3.33. The number of hydrogen-bond donors (Lipinski definition) is 1. The van der Waals surface area contributed by atoms with Gasteiger partial charge in [-0.2, -0.15) is 0 Å². The molecule has 6 heteroatoms. The van der Waals surface area contributed by atoms with Crippen LogP contribution in [0.3, 0.4) is 0 Å². The minimum atomic E-state index is 0.286. The zero-order chi connectivity index (χ0) is 12.8. The highest BCUT2D eigenvalue weighted by Crippen LogP contribution is 2.17. The van der Waals surface area contributed by atoms with Crippen molar-refractivity contribution in [1.82, 2.24) is 14.9 Å². The molecule has 0 amide bonds. The Morgan fingerprint density at radius 3 is 2.83 bits per heavy atom. The van der Waals surface area contributed by atoms with E-state index >= 15 is 0 Å². The molecule has 2 heterocycles. The Balaban J connectivity index is 1.87. The summed E-state index contributed by atoms with van der Waals surface area (Å²) in [4.78, 5) is 10.7. The van der Waals surface area contributed by atoms with Gasteiger partial charge >= 0.3 is 0 Å². The van der Waals surface area contributed by atoms with Crippen LogP contribution in [0.4, 0.5) is 5.82 Å². The van der Waals surface area contributed by atoms with Crippen LogP contribution in [0, 0.1) is 0 Å². The van der Waals surface area contributed by atoms with Crippen molar-refractivity contribution in [2.24, 2.45) is 0 Å². The van der Waals surface area contributed by atoms with E-state index in [0.717, 1.165) is 32.8 Å². The first-order valence-electron chi connectivity index (χ1n) is 6.21. The number of aromatic nitrogens is 2. The topological polar surface area (TPSA) is 59.5 Å². The van der Waals surface area contributed by atoms with E-state index < -0.39 is 0 Å². The summed E-state index contributed by atoms with van der Waals surface area (Å²) in [6, 6.07) is 0.286. The number of morpholine rings is 1. The van der Waals surface area contributed by atoms with Gasteiger partial charge in [-0.25, -0.2) is 9.97 Å². The van der Waals surface area contributed by atoms with E-state index in [2.05, 4.69) is 27.1 Å². The van der Waals surface area contributed by atoms with Crippen molar-refractivity contribution < 1.29 is 9.47 Å². The summed E-state index contributed by atoms with van der Waals surface area (Å²) in [7, 11) is 1.60. The van der Waals surface area contributed by atoms with Gasteiger partial charge in [-0.15, -0.1) is 0 Å². The Morgan fingerprint density at radius 2 is 2.11 bits per heavy atom. The Bertz CT molecular complexity index is 369. The molecule has 0 spiro atoms. The number of hydrogen-bond acceptors (Lipinski definition) is 6. The average molecular weight is 252 g/mol. The highest BCUT2D eigenvalue weighted by Gasteiger charge is 2.15. The third-order valence-corrected chi connectivity index (χ3v) is 2.88. The fourth-order valence-electron chi connectivity index (χ4n) is 2.02. The molecule has 1 aliphatic heterocycles. The fraction of sp³-hybridized carbons (Fsp3) is 0.667. The maximum absolute atomic E-state index is 5.33. The minimum absolute atomic E-state index is 0.286. The molecule has 1 atom stereocenters. The van der Waals surface area contributed by atoms with Crippen molar-refractivity contribution in [3.63, 3.8) is 0 Å². The van der Waals surface area contributed by atoms with E-state index in [1.54, 1.807) is 19.5 Å². The summed E-state index contributed by atoms with van der Waals surface area (Å²) in [5.41, 5.74) is 0. The van der Waals surface area contributed by atoms with Crippen LogP contribution in [0.2, 0.25) is 0 Å². The van der Waals surface area contributed by atoms with E-state index in [4.69, 9.17) is 9.47 Å². The van der Waals surface area contributed by atoms with E-state index in [0.29, 0.717) is 11.7 Å². The molecule has 0 aromatic carbocycles. The number of methoxy groups -OCH3 is 1. The summed E-state index contributed by atoms with van der Waals surface area (Å²) in [5.74, 6) is 1.23. The molecule has 1 saturated heterocycles. The van der Waals surface area contributed by atoms with Crippen LogP contribution in [-0.2, 0) is 4.74 Å². The lowest BCUT2D eigenvalue weighted by atomic mass is 10.3. The van der Waals surface area contributed by atoms with Crippen molar-refractivity contribution >= 4 is 5.82 Å². The Morgan fingerprint density at radius 1 is 1.39 bits per heavy atom. The van der Waals surface area contributed by atoms with Gasteiger partial charge in [0.05, 0.1) is 20.3 Å². The summed E-state index contributed by atoms with van der Waals surface area (Å²) in [6.45, 7) is 6.71. The van der Waals surface area contributed by atoms with Crippen molar-refractivity contribution in [2.75, 3.05) is 45.3 Å². The van der Waals surface area contributed by atoms with E-state index in [9.17, 15) is 0 Å². The molecule has 0 radical (unpaired) electrons. The van der Waals surface area contributed by atoms with Crippen LogP contribution in [-0.4, -0.2) is 60.9 Å². The minimum Gasteiger partial charge on any atom is -0.478 e. The summed E-state index contributed by atoms with van der Waals surface area (Å²) >= 11 is 0. The number of rotatable bonds is 5. The molecule has 2 rings (SSSR count). The van der Waals surface area contributed by atoms with Crippen molar-refractivity contribution in [3.8, 4) is 5.88 Å². The lowest BCUT2D eigenvalue weighted by Crippen LogP contribution is -2.42. The third kappa shape index (κ3) is 3.54. The van der Waals surface area contributed by atoms with Gasteiger partial charge in [0.25, 0.3) is 5.88 Å². The number of nitrogens with zero attached hydrogens (tertiary/aromatic N) is 3. The lowest BCUT2D eigenvalue weighted by molar-refractivity contribution is 0.0368. The molecule has 0 saturated carbocycles. The largest absolute Gasteiger partial charge is 0.478 e. The Labute approximate surface area is 107 Å². The van der Waals surface area contributed by atoms with Crippen LogP contribution >= 0.6 is 0 Å². The smallest absolute Gasteiger partial charge is 0.257 e. The van der Waals surface area contributed by atoms with Crippen molar-refractivity contribution in [1.29, 1.82) is 0 Å². The SMILES string of the molecule is COc1nccnc1NC(C)CN1CCOCC1. The molecular weight excluding hydrogens is 232 g/mol. The Kier molecular flexibility index (Phi) is 4.72. The van der Waals surface area contributed by atoms with Gasteiger partial charge < -0.3 is 14.8 Å². The summed E-state index contributed by atoms with van der Waals surface area (Å²) in [6.07, 6.45) is 3.28. The second-order valence-electron chi connectivity index (χ2n) is 4.37. The average Bonchev–Trinajstić information content (AvgIpc) is 2.40. The molecule has 18 heavy (non-hydrogen) atoms. The molecule has 1 aliphatic rings. The molecule has 1 aromatic rings. The second kappa shape index (κ2) is 6.51. The highest BCUT2D eigenvalue weighted by molar-refractivity contribution is 5.45. The quantitative estimate of drug-likeness (QED) is 0.829. The van der Waals surface area contributed by atoms with Crippen molar-refractivity contribution in [2.45, 2.75) is 13.0 Å². The molecule has 6 nitrogen and oxygen atoms in total. The highest BCUT2D eigenvalue weighted by atomic mass is 16.5. The molecular formula is C12H20N4O2. The van der Waals surface area contributed by atoms with E-state index in [1.165, 1.54) is 0 Å². The van der Waals surface area contributed by atoms with Crippen molar-refractivity contribution in [3.05, 3.63) is 12.4 Å². The van der Waals surface area contributed by atoms with E-state index in [1.807, 2.05) is 0 Å². The monoisotopic (exact) mass is 252 g/mol. The number of ether oxygens (including phenoxy) is 2. The van der Waals surface area contributed by atoms with Crippen LogP contribution in [0.1, 0.15) is 6.92 Å². The van der Waals surface area contributed by atoms with E-state index in [-0.39, 0.29) is 6.04 Å². The zero-order valence-electron chi connectivity index (χ0n) is 10.9. The molecule has 1 aromatic heterocycles. The first-order valence-corrected chi connectivity index (χ1v) is 6.21. The maximum atomic E-state index is 5.33. The van der Waals surface area contributed by atoms with Crippen LogP contribution in [0.5, 0.6) is 5.88 Å². The second-order valence-corrected chi connectivity index (χ2v) is 4.37. The van der Waals surface area contributed by atoms with Crippen LogP contribution < -0.4 is 10.1 Å². The van der Waals surface area contributed by atoms with Gasteiger partial charge in [0.2, 0.25) is 0 Å². The zero-order valence-corrected chi connectivity index (χ0v) is 10.9. The predicted octanol–water partition coefficient (Wildman–Crippen LogP) is 0.618. The lowest BCUT2D eigenvalue weighted by Gasteiger charge is -2.29. The molecule has 0 aliphatic carbocycles. The first kappa shape index (κ1) is 13.0. The maximum Gasteiger partial charge on any atom is 0.257 e. The Hall–Kier alpha value is -1.40. The van der Waals surface area contributed by atoms with Gasteiger partial charge in [0.1, 0.15) is 0 Å². The first-order chi connectivity index (χ1) is 8.79. The van der Waals surface area contributed by atoms with Crippen LogP contribution in [0.25, 0.3) is 0 Å². The fourth-order valence-corrected chi connectivity index (χ4v) is 2.02. The summed E-state index contributed by atoms with van der Waals surface area (Å²) < 4.78 is 10.5. The number of nitrogens with one attached hydrogen (secondary N) is 1. The molecule has 100 valence electrons. The van der Waals surface area contributed by atoms with Gasteiger partial charge in [0.15, 0.2) is 5.82 Å². The van der Waals surface area contributed by atoms with Gasteiger partial charge in [-0.05, 0) is 6.92 Å². The van der Waals surface area contributed by atoms with Gasteiger partial charge in [-0.3, -0.25) is 4.90 Å². The predicted molar refractivity (Wildman–Crippen MR) is 68.9 cm³/mol. The molecule has 1 unspecified atom stereocenters.